The Balaban J connectivity index is 0.820. The number of hydrogen-bond acceptors (Lipinski definition) is 11. The number of nitrogens with zero attached hydrogens (tertiary/aromatic N) is 6. The Labute approximate surface area is 717 Å². The first-order valence-electron chi connectivity index (χ1n) is 41.3. The molecule has 0 amide bonds. The second kappa shape index (κ2) is 26.2. The first-order chi connectivity index (χ1) is 60.1. The van der Waals surface area contributed by atoms with E-state index < -0.39 is 0 Å². The molecular formula is C108H64B2N6S5. The average molecular weight is 1630 g/mol. The molecule has 4 aliphatic rings. The number of anilines is 18. The Morgan fingerprint density at radius 3 is 0.802 bits per heavy atom. The van der Waals surface area contributed by atoms with Gasteiger partial charge in [0.2, 0.25) is 0 Å². The topological polar surface area (TPSA) is 19.4 Å². The number of benzene rings is 18. The van der Waals surface area contributed by atoms with Crippen LogP contribution in [0.15, 0.2) is 388 Å². The van der Waals surface area contributed by atoms with Gasteiger partial charge in [0.25, 0.3) is 13.4 Å². The maximum atomic E-state index is 2.75. The van der Waals surface area contributed by atoms with Gasteiger partial charge in [-0.2, -0.15) is 0 Å². The molecule has 0 saturated carbocycles. The molecule has 121 heavy (non-hydrogen) atoms. The Morgan fingerprint density at radius 1 is 0.174 bits per heavy atom. The average Bonchev–Trinajstić information content (AvgIpc) is 1.34. The Bertz CT molecular complexity index is 8300. The van der Waals surface area contributed by atoms with E-state index in [-0.39, 0.29) is 13.4 Å². The van der Waals surface area contributed by atoms with E-state index in [9.17, 15) is 0 Å². The normalized spacial score (nSPS) is 13.2. The van der Waals surface area contributed by atoms with Gasteiger partial charge >= 0.3 is 0 Å². The molecule has 0 spiro atoms. The maximum absolute atomic E-state index is 2.75. The fraction of sp³-hybridized carbons (Fsp3) is 0. The Hall–Kier alpha value is -14.0. The minimum atomic E-state index is -0.291. The zero-order valence-electron chi connectivity index (χ0n) is 64.8. The van der Waals surface area contributed by atoms with Crippen molar-refractivity contribution in [1.82, 2.24) is 0 Å². The van der Waals surface area contributed by atoms with Crippen LogP contribution in [0.5, 0.6) is 0 Å². The SMILES string of the molecule is c1ccc(N(c2ccccc2)c2cc3c4c(c2)N(c2cccc5sc6ccccc6c25)c2cc5c(cc2B4c2ccccc2N3c2cccc3sc4ccccc4c23)B2c3ccccc3N(c3cccc4sc6ccccc6c34)c3cc(N(c4ccccc4)c4cccc6sc7ccccc7c46)cc(c32)N5c2cccc3sc4ccccc4c23)cc1. The number of thiophene rings is 5. The van der Waals surface area contributed by atoms with E-state index in [0.29, 0.717) is 0 Å². The quantitative estimate of drug-likeness (QED) is 0.126. The summed E-state index contributed by atoms with van der Waals surface area (Å²) in [6.45, 7) is -0.571. The lowest BCUT2D eigenvalue weighted by molar-refractivity contribution is 1.22. The Kier molecular flexibility index (Phi) is 14.7. The fourth-order valence-corrected chi connectivity index (χ4v) is 26.6. The van der Waals surface area contributed by atoms with E-state index in [1.165, 1.54) is 134 Å². The van der Waals surface area contributed by atoms with Crippen LogP contribution in [0.3, 0.4) is 0 Å². The highest BCUT2D eigenvalue weighted by Gasteiger charge is 2.50. The first-order valence-corrected chi connectivity index (χ1v) is 45.3. The number of hydrogen-bond donors (Lipinski definition) is 0. The summed E-state index contributed by atoms with van der Waals surface area (Å²) < 4.78 is 12.5. The van der Waals surface area contributed by atoms with Crippen molar-refractivity contribution in [2.45, 2.75) is 0 Å². The molecule has 562 valence electrons. The molecule has 5 aromatic heterocycles. The summed E-state index contributed by atoms with van der Waals surface area (Å²) in [7, 11) is 0. The van der Waals surface area contributed by atoms with Crippen molar-refractivity contribution in [3.05, 3.63) is 388 Å². The highest BCUT2D eigenvalue weighted by atomic mass is 32.1. The van der Waals surface area contributed by atoms with Crippen LogP contribution in [0, 0.1) is 0 Å². The van der Waals surface area contributed by atoms with E-state index >= 15 is 0 Å². The van der Waals surface area contributed by atoms with E-state index in [4.69, 9.17) is 0 Å². The minimum Gasteiger partial charge on any atom is -0.311 e. The third-order valence-electron chi connectivity index (χ3n) is 25.7. The fourth-order valence-electron chi connectivity index (χ4n) is 21.0. The molecule has 9 heterocycles. The van der Waals surface area contributed by atoms with Crippen molar-refractivity contribution in [3.63, 3.8) is 0 Å². The second-order valence-electron chi connectivity index (χ2n) is 32.0. The summed E-state index contributed by atoms with van der Waals surface area (Å²) in [5.74, 6) is 0. The number of para-hydroxylation sites is 5. The van der Waals surface area contributed by atoms with Crippen LogP contribution in [0.2, 0.25) is 0 Å². The van der Waals surface area contributed by atoms with Crippen molar-refractivity contribution in [2.75, 3.05) is 29.4 Å². The molecule has 0 aliphatic carbocycles. The molecule has 0 bridgehead atoms. The van der Waals surface area contributed by atoms with Crippen LogP contribution in [0.25, 0.3) is 101 Å². The van der Waals surface area contributed by atoms with Gasteiger partial charge in [-0.1, -0.05) is 218 Å². The van der Waals surface area contributed by atoms with Crippen molar-refractivity contribution in [3.8, 4) is 0 Å². The van der Waals surface area contributed by atoms with Crippen LogP contribution in [-0.2, 0) is 0 Å². The van der Waals surface area contributed by atoms with E-state index in [1.54, 1.807) is 0 Å². The van der Waals surface area contributed by atoms with Gasteiger partial charge in [-0.15, -0.1) is 56.7 Å². The van der Waals surface area contributed by atoms with Crippen LogP contribution in [0.4, 0.5) is 102 Å². The zero-order valence-corrected chi connectivity index (χ0v) is 68.9. The van der Waals surface area contributed by atoms with Gasteiger partial charge in [0.05, 0.1) is 39.8 Å². The monoisotopic (exact) mass is 1630 g/mol. The van der Waals surface area contributed by atoms with Gasteiger partial charge < -0.3 is 29.4 Å². The van der Waals surface area contributed by atoms with Crippen molar-refractivity contribution < 1.29 is 0 Å². The molecule has 18 aromatic carbocycles. The third kappa shape index (κ3) is 9.86. The van der Waals surface area contributed by atoms with Crippen LogP contribution in [0.1, 0.15) is 0 Å². The van der Waals surface area contributed by atoms with Gasteiger partial charge in [0.15, 0.2) is 0 Å². The lowest BCUT2D eigenvalue weighted by Crippen LogP contribution is -2.65. The lowest BCUT2D eigenvalue weighted by atomic mass is 9.30. The molecule has 0 atom stereocenters. The van der Waals surface area contributed by atoms with Crippen LogP contribution >= 0.6 is 56.7 Å². The molecule has 27 rings (SSSR count). The maximum Gasteiger partial charge on any atom is 0.252 e. The molecule has 23 aromatic rings. The van der Waals surface area contributed by atoms with Gasteiger partial charge in [0.1, 0.15) is 0 Å². The third-order valence-corrected chi connectivity index (χ3v) is 31.4. The van der Waals surface area contributed by atoms with E-state index in [2.05, 4.69) is 418 Å². The lowest BCUT2D eigenvalue weighted by Gasteiger charge is -2.48. The minimum absolute atomic E-state index is 0.280. The predicted octanol–water partition coefficient (Wildman–Crippen LogP) is 28.6. The van der Waals surface area contributed by atoms with Crippen LogP contribution in [-0.4, -0.2) is 13.4 Å². The highest BCUT2D eigenvalue weighted by Crippen LogP contribution is 2.58. The second-order valence-corrected chi connectivity index (χ2v) is 37.4. The summed E-state index contributed by atoms with van der Waals surface area (Å²) in [4.78, 5) is 15.9. The Morgan fingerprint density at radius 2 is 0.438 bits per heavy atom. The number of rotatable bonds is 10. The van der Waals surface area contributed by atoms with Gasteiger partial charge in [-0.3, -0.25) is 0 Å². The molecule has 6 nitrogen and oxygen atoms in total. The predicted molar refractivity (Wildman–Crippen MR) is 528 cm³/mol. The van der Waals surface area contributed by atoms with E-state index in [1.807, 2.05) is 56.7 Å². The molecule has 0 saturated heterocycles. The van der Waals surface area contributed by atoms with Crippen molar-refractivity contribution in [1.29, 1.82) is 0 Å². The molecule has 13 heteroatoms. The standard InChI is InChI=1S/C108H64B2N6S5/c1-4-29-65(30-5-1)111(66-31-6-2-7-32-66)68-59-88-107-90(60-68)115(84-47-27-57-100-105(84)73-38-13-22-52-95(73)120-100)86-64-87-78(63-77(86)109(107)75-40-15-17-42-79(75)113(88)82-45-25-55-98-103(82)71-36-11-20-50-93(71)118-98)110-76-41-16-18-43-80(76)114(83-46-26-56-99-104(83)72-37-12-21-51-94(72)119-99)89-61-69(62-91(108(89)110)116(87)85-48-28-58-101-106(85)74-39-14-23-53-96(74)121-101)112(67-33-8-3-9-34-67)81-44-24-54-97-102(81)70-35-10-19-49-92(70)117-97/h1-64H. The summed E-state index contributed by atoms with van der Waals surface area (Å²) in [6, 6.07) is 148. The van der Waals surface area contributed by atoms with Crippen molar-refractivity contribution >= 4 is 306 Å². The van der Waals surface area contributed by atoms with Gasteiger partial charge in [-0.25, -0.2) is 0 Å². The largest absolute Gasteiger partial charge is 0.311 e. The van der Waals surface area contributed by atoms with E-state index in [0.717, 1.165) is 102 Å². The van der Waals surface area contributed by atoms with Gasteiger partial charge in [-0.05, 0) is 203 Å². The summed E-state index contributed by atoms with van der Waals surface area (Å²) in [6.07, 6.45) is 0. The molecule has 0 unspecified atom stereocenters. The molecule has 0 fully saturated rings. The highest BCUT2D eigenvalue weighted by molar-refractivity contribution is 7.27. The first kappa shape index (κ1) is 68.0. The van der Waals surface area contributed by atoms with Crippen LogP contribution < -0.4 is 62.2 Å². The van der Waals surface area contributed by atoms with Crippen molar-refractivity contribution in [2.24, 2.45) is 0 Å². The molecular weight excluding hydrogens is 1560 g/mol. The summed E-state index contributed by atoms with van der Waals surface area (Å²) >= 11 is 9.39. The molecule has 0 N–H and O–H groups in total. The molecule has 4 aliphatic heterocycles. The molecule has 0 radical (unpaired) electrons. The zero-order chi connectivity index (χ0) is 78.8. The number of fused-ring (bicyclic) bond motifs is 23. The smallest absolute Gasteiger partial charge is 0.252 e. The van der Waals surface area contributed by atoms with Gasteiger partial charge in [0, 0.05) is 163 Å². The summed E-state index contributed by atoms with van der Waals surface area (Å²) in [5.41, 5.74) is 27.5. The summed E-state index contributed by atoms with van der Waals surface area (Å²) in [5, 5.41) is 12.4.